The van der Waals surface area contributed by atoms with Gasteiger partial charge < -0.3 is 14.3 Å². The second kappa shape index (κ2) is 3.71. The zero-order valence-electron chi connectivity index (χ0n) is 9.70. The molecule has 1 fully saturated rings. The highest BCUT2D eigenvalue weighted by Crippen LogP contribution is 2.52. The van der Waals surface area contributed by atoms with E-state index < -0.39 is 21.0 Å². The van der Waals surface area contributed by atoms with Crippen molar-refractivity contribution in [1.82, 2.24) is 0 Å². The molecule has 3 rings (SSSR count). The summed E-state index contributed by atoms with van der Waals surface area (Å²) >= 11 is 0. The van der Waals surface area contributed by atoms with Crippen LogP contribution in [0.25, 0.3) is 0 Å². The number of aldehydes is 1. The van der Waals surface area contributed by atoms with Crippen molar-refractivity contribution in [3.8, 4) is 11.5 Å². The molecule has 2 aliphatic rings. The summed E-state index contributed by atoms with van der Waals surface area (Å²) in [6.45, 7) is 0.177. The second-order valence-electron chi connectivity index (χ2n) is 4.65. The number of carbonyl (C=O) groups excluding carboxylic acids is 1. The summed E-state index contributed by atoms with van der Waals surface area (Å²) in [7, 11) is -3.21. The van der Waals surface area contributed by atoms with E-state index in [4.69, 9.17) is 9.47 Å². The molecule has 0 aromatic heterocycles. The van der Waals surface area contributed by atoms with Gasteiger partial charge in [-0.1, -0.05) is 6.07 Å². The molecule has 1 heterocycles. The van der Waals surface area contributed by atoms with Crippen molar-refractivity contribution in [2.24, 2.45) is 5.92 Å². The van der Waals surface area contributed by atoms with Crippen molar-refractivity contribution in [3.63, 3.8) is 0 Å². The molecular formula is C12H12O5S. The average Bonchev–Trinajstić information content (AvgIpc) is 2.90. The van der Waals surface area contributed by atoms with Crippen molar-refractivity contribution in [2.75, 3.05) is 13.0 Å². The number of rotatable bonds is 3. The summed E-state index contributed by atoms with van der Waals surface area (Å²) in [5.74, 6) is 0.557. The first-order valence-corrected chi connectivity index (χ1v) is 7.51. The maximum Gasteiger partial charge on any atom is 0.231 e. The van der Waals surface area contributed by atoms with Gasteiger partial charge in [-0.15, -0.1) is 0 Å². The smallest absolute Gasteiger partial charge is 0.231 e. The molecule has 1 aromatic rings. The Kier molecular flexibility index (Phi) is 2.38. The van der Waals surface area contributed by atoms with E-state index in [0.717, 1.165) is 11.8 Å². The quantitative estimate of drug-likeness (QED) is 0.756. The van der Waals surface area contributed by atoms with Crippen LogP contribution in [0.3, 0.4) is 0 Å². The molecular weight excluding hydrogens is 256 g/mol. The van der Waals surface area contributed by atoms with Crippen molar-refractivity contribution in [3.05, 3.63) is 23.8 Å². The Morgan fingerprint density at radius 1 is 1.28 bits per heavy atom. The minimum atomic E-state index is -3.21. The first kappa shape index (κ1) is 11.5. The van der Waals surface area contributed by atoms with Crippen LogP contribution in [0.1, 0.15) is 11.5 Å². The van der Waals surface area contributed by atoms with E-state index in [0.29, 0.717) is 11.5 Å². The molecule has 0 N–H and O–H groups in total. The van der Waals surface area contributed by atoms with E-state index in [1.165, 1.54) is 6.26 Å². The van der Waals surface area contributed by atoms with Gasteiger partial charge in [0.15, 0.2) is 21.3 Å². The van der Waals surface area contributed by atoms with E-state index in [9.17, 15) is 13.2 Å². The van der Waals surface area contributed by atoms with Gasteiger partial charge in [0.05, 0.1) is 5.25 Å². The molecule has 1 aromatic carbocycles. The van der Waals surface area contributed by atoms with Crippen LogP contribution >= 0.6 is 0 Å². The van der Waals surface area contributed by atoms with Crippen molar-refractivity contribution >= 4 is 16.1 Å². The molecule has 96 valence electrons. The van der Waals surface area contributed by atoms with Crippen molar-refractivity contribution in [2.45, 2.75) is 11.2 Å². The predicted molar refractivity (Wildman–Crippen MR) is 63.5 cm³/mol. The standard InChI is InChI=1S/C12H12O5S/c1-18(14,15)12-8(5-13)11(12)7-2-3-9-10(4-7)17-6-16-9/h2-5,8,11-12H,6H2,1H3/t8-,11+,12-/m1/s1. The van der Waals surface area contributed by atoms with Gasteiger partial charge in [0, 0.05) is 18.1 Å². The third-order valence-electron chi connectivity index (χ3n) is 3.44. The second-order valence-corrected chi connectivity index (χ2v) is 6.85. The molecule has 0 bridgehead atoms. The van der Waals surface area contributed by atoms with Gasteiger partial charge in [-0.3, -0.25) is 0 Å². The largest absolute Gasteiger partial charge is 0.454 e. The number of ether oxygens (including phenoxy) is 2. The third-order valence-corrected chi connectivity index (χ3v) is 5.04. The summed E-state index contributed by atoms with van der Waals surface area (Å²) in [4.78, 5) is 10.9. The Morgan fingerprint density at radius 3 is 2.61 bits per heavy atom. The molecule has 1 saturated carbocycles. The SMILES string of the molecule is CS(=O)(=O)[C@@H]1[C@H](C=O)[C@@H]1c1ccc2c(c1)OCO2. The van der Waals surface area contributed by atoms with Gasteiger partial charge in [0.25, 0.3) is 0 Å². The molecule has 5 nitrogen and oxygen atoms in total. The van der Waals surface area contributed by atoms with E-state index in [2.05, 4.69) is 0 Å². The van der Waals surface area contributed by atoms with Crippen LogP contribution in [0.15, 0.2) is 18.2 Å². The molecule has 18 heavy (non-hydrogen) atoms. The highest BCUT2D eigenvalue weighted by molar-refractivity contribution is 7.91. The lowest BCUT2D eigenvalue weighted by Crippen LogP contribution is -2.07. The fraction of sp³-hybridized carbons (Fsp3) is 0.417. The molecule has 0 saturated heterocycles. The summed E-state index contributed by atoms with van der Waals surface area (Å²) in [5, 5.41) is -0.602. The average molecular weight is 268 g/mol. The zero-order chi connectivity index (χ0) is 12.9. The molecule has 0 radical (unpaired) electrons. The van der Waals surface area contributed by atoms with E-state index in [-0.39, 0.29) is 12.7 Å². The summed E-state index contributed by atoms with van der Waals surface area (Å²) in [5.41, 5.74) is 0.812. The van der Waals surface area contributed by atoms with Gasteiger partial charge >= 0.3 is 0 Å². The topological polar surface area (TPSA) is 69.7 Å². The minimum Gasteiger partial charge on any atom is -0.454 e. The van der Waals surface area contributed by atoms with Gasteiger partial charge in [0.1, 0.15) is 6.29 Å². The molecule has 0 amide bonds. The van der Waals surface area contributed by atoms with Crippen LogP contribution in [0.5, 0.6) is 11.5 Å². The fourth-order valence-corrected chi connectivity index (χ4v) is 4.14. The highest BCUT2D eigenvalue weighted by atomic mass is 32.2. The Labute approximate surface area is 105 Å². The molecule has 1 aliphatic carbocycles. The van der Waals surface area contributed by atoms with Crippen LogP contribution in [0, 0.1) is 5.92 Å². The molecule has 0 unspecified atom stereocenters. The van der Waals surface area contributed by atoms with E-state index >= 15 is 0 Å². The normalized spacial score (nSPS) is 29.1. The van der Waals surface area contributed by atoms with Crippen LogP contribution in [0.2, 0.25) is 0 Å². The number of sulfone groups is 1. The number of benzene rings is 1. The zero-order valence-corrected chi connectivity index (χ0v) is 10.5. The number of carbonyl (C=O) groups is 1. The number of hydrogen-bond donors (Lipinski definition) is 0. The molecule has 1 aliphatic heterocycles. The van der Waals surface area contributed by atoms with E-state index in [1.807, 2.05) is 0 Å². The van der Waals surface area contributed by atoms with Crippen LogP contribution in [-0.4, -0.2) is 33.0 Å². The Bertz CT molecular complexity index is 607. The lowest BCUT2D eigenvalue weighted by molar-refractivity contribution is -0.108. The lowest BCUT2D eigenvalue weighted by Gasteiger charge is -2.01. The van der Waals surface area contributed by atoms with Gasteiger partial charge in [0.2, 0.25) is 6.79 Å². The molecule has 6 heteroatoms. The lowest BCUT2D eigenvalue weighted by atomic mass is 10.1. The van der Waals surface area contributed by atoms with E-state index in [1.54, 1.807) is 18.2 Å². The summed E-state index contributed by atoms with van der Waals surface area (Å²) in [6.07, 6.45) is 1.89. The summed E-state index contributed by atoms with van der Waals surface area (Å²) in [6, 6.07) is 5.30. The Hall–Kier alpha value is -1.56. The van der Waals surface area contributed by atoms with Crippen molar-refractivity contribution < 1.29 is 22.7 Å². The Balaban J connectivity index is 1.95. The van der Waals surface area contributed by atoms with Crippen LogP contribution in [0.4, 0.5) is 0 Å². The first-order valence-electron chi connectivity index (χ1n) is 5.56. The fourth-order valence-electron chi connectivity index (χ4n) is 2.55. The maximum atomic E-state index is 11.6. The van der Waals surface area contributed by atoms with Gasteiger partial charge in [-0.05, 0) is 17.7 Å². The maximum absolute atomic E-state index is 11.6. The minimum absolute atomic E-state index is 0.177. The van der Waals surface area contributed by atoms with Crippen LogP contribution < -0.4 is 9.47 Å². The monoisotopic (exact) mass is 268 g/mol. The predicted octanol–water partition coefficient (Wildman–Crippen LogP) is 0.741. The highest BCUT2D eigenvalue weighted by Gasteiger charge is 2.57. The van der Waals surface area contributed by atoms with Gasteiger partial charge in [-0.2, -0.15) is 0 Å². The van der Waals surface area contributed by atoms with Gasteiger partial charge in [-0.25, -0.2) is 8.42 Å². The number of hydrogen-bond acceptors (Lipinski definition) is 5. The molecule has 3 atom stereocenters. The third kappa shape index (κ3) is 1.68. The number of fused-ring (bicyclic) bond motifs is 1. The van der Waals surface area contributed by atoms with Crippen LogP contribution in [-0.2, 0) is 14.6 Å². The Morgan fingerprint density at radius 2 is 2.00 bits per heavy atom. The molecule has 0 spiro atoms. The summed E-state index contributed by atoms with van der Waals surface area (Å²) < 4.78 is 33.6. The van der Waals surface area contributed by atoms with Crippen molar-refractivity contribution in [1.29, 1.82) is 0 Å². The first-order chi connectivity index (χ1) is 8.52.